The summed E-state index contributed by atoms with van der Waals surface area (Å²) in [7, 11) is 0. The fraction of sp³-hybridized carbons (Fsp3) is 0.188. The second-order valence-electron chi connectivity index (χ2n) is 4.57. The smallest absolute Gasteiger partial charge is 0.261 e. The number of ether oxygens (including phenoxy) is 1. The first-order chi connectivity index (χ1) is 10.0. The molecule has 3 nitrogen and oxygen atoms in total. The Bertz CT molecular complexity index is 631. The van der Waals surface area contributed by atoms with E-state index in [4.69, 9.17) is 27.9 Å². The molecule has 0 aromatic heterocycles. The molecule has 0 aliphatic rings. The van der Waals surface area contributed by atoms with Crippen LogP contribution in [-0.4, -0.2) is 12.0 Å². The molecule has 0 heterocycles. The fourth-order valence-corrected chi connectivity index (χ4v) is 2.17. The van der Waals surface area contributed by atoms with Crippen molar-refractivity contribution in [2.24, 2.45) is 0 Å². The molecule has 1 unspecified atom stereocenters. The van der Waals surface area contributed by atoms with E-state index in [0.29, 0.717) is 22.3 Å². The summed E-state index contributed by atoms with van der Waals surface area (Å²) in [4.78, 5) is 12.0. The van der Waals surface area contributed by atoms with Crippen molar-refractivity contribution in [3.63, 3.8) is 0 Å². The minimum absolute atomic E-state index is 0.199. The maximum Gasteiger partial charge on any atom is 0.261 e. The van der Waals surface area contributed by atoms with Gasteiger partial charge in [-0.05, 0) is 42.8 Å². The number of hydrogen-bond donors (Lipinski definition) is 1. The van der Waals surface area contributed by atoms with Gasteiger partial charge < -0.3 is 10.1 Å². The van der Waals surface area contributed by atoms with Crippen LogP contribution in [0.25, 0.3) is 0 Å². The molecule has 1 amide bonds. The van der Waals surface area contributed by atoms with Crippen LogP contribution in [-0.2, 0) is 11.3 Å². The number of nitrogens with one attached hydrogen (secondary N) is 1. The molecule has 2 aromatic carbocycles. The van der Waals surface area contributed by atoms with E-state index in [1.165, 1.54) is 0 Å². The fourth-order valence-electron chi connectivity index (χ4n) is 1.78. The van der Waals surface area contributed by atoms with Crippen LogP contribution in [0.3, 0.4) is 0 Å². The van der Waals surface area contributed by atoms with E-state index in [2.05, 4.69) is 5.32 Å². The van der Waals surface area contributed by atoms with Gasteiger partial charge in [-0.15, -0.1) is 0 Å². The van der Waals surface area contributed by atoms with Crippen LogP contribution in [0.2, 0.25) is 10.0 Å². The van der Waals surface area contributed by atoms with Crippen molar-refractivity contribution in [2.75, 3.05) is 0 Å². The summed E-state index contributed by atoms with van der Waals surface area (Å²) in [6, 6.07) is 14.3. The van der Waals surface area contributed by atoms with Gasteiger partial charge in [0, 0.05) is 16.6 Å². The van der Waals surface area contributed by atoms with E-state index in [1.54, 1.807) is 37.3 Å². The van der Waals surface area contributed by atoms with Gasteiger partial charge in [0.15, 0.2) is 6.10 Å². The van der Waals surface area contributed by atoms with Crippen molar-refractivity contribution in [1.82, 2.24) is 5.32 Å². The Morgan fingerprint density at radius 2 is 1.81 bits per heavy atom. The van der Waals surface area contributed by atoms with Gasteiger partial charge in [0.1, 0.15) is 5.75 Å². The summed E-state index contributed by atoms with van der Waals surface area (Å²) in [6.07, 6.45) is -0.609. The van der Waals surface area contributed by atoms with Gasteiger partial charge in [0.2, 0.25) is 0 Å². The normalized spacial score (nSPS) is 11.8. The number of carbonyl (C=O) groups is 1. The Morgan fingerprint density at radius 1 is 1.14 bits per heavy atom. The first-order valence-corrected chi connectivity index (χ1v) is 7.24. The third kappa shape index (κ3) is 4.96. The lowest BCUT2D eigenvalue weighted by atomic mass is 10.2. The Hall–Kier alpha value is -1.71. The largest absolute Gasteiger partial charge is 0.481 e. The van der Waals surface area contributed by atoms with Crippen molar-refractivity contribution in [3.05, 3.63) is 64.1 Å². The van der Waals surface area contributed by atoms with Gasteiger partial charge in [-0.1, -0.05) is 41.4 Å². The molecule has 0 radical (unpaired) electrons. The summed E-state index contributed by atoms with van der Waals surface area (Å²) >= 11 is 11.8. The molecular weight excluding hydrogens is 309 g/mol. The summed E-state index contributed by atoms with van der Waals surface area (Å²) < 4.78 is 5.55. The Kier molecular flexibility index (Phi) is 5.48. The summed E-state index contributed by atoms with van der Waals surface area (Å²) in [5.41, 5.74) is 0.936. The molecule has 0 saturated heterocycles. The molecule has 1 N–H and O–H groups in total. The second-order valence-corrected chi connectivity index (χ2v) is 5.44. The van der Waals surface area contributed by atoms with E-state index in [0.717, 1.165) is 5.56 Å². The van der Waals surface area contributed by atoms with E-state index in [1.807, 2.05) is 18.2 Å². The molecule has 0 fully saturated rings. The first-order valence-electron chi connectivity index (χ1n) is 6.49. The number of amides is 1. The predicted octanol–water partition coefficient (Wildman–Crippen LogP) is 4.08. The zero-order valence-electron chi connectivity index (χ0n) is 11.5. The van der Waals surface area contributed by atoms with Crippen molar-refractivity contribution in [1.29, 1.82) is 0 Å². The molecule has 21 heavy (non-hydrogen) atoms. The highest BCUT2D eigenvalue weighted by Gasteiger charge is 2.14. The summed E-state index contributed by atoms with van der Waals surface area (Å²) in [6.45, 7) is 2.09. The Labute approximate surface area is 133 Å². The van der Waals surface area contributed by atoms with Crippen LogP contribution < -0.4 is 10.1 Å². The highest BCUT2D eigenvalue weighted by molar-refractivity contribution is 6.30. The Morgan fingerprint density at radius 3 is 2.48 bits per heavy atom. The zero-order chi connectivity index (χ0) is 15.2. The molecular formula is C16H15Cl2NO2. The number of carbonyl (C=O) groups excluding carboxylic acids is 1. The minimum atomic E-state index is -0.609. The lowest BCUT2D eigenvalue weighted by Gasteiger charge is -2.15. The average molecular weight is 324 g/mol. The van der Waals surface area contributed by atoms with Gasteiger partial charge in [-0.25, -0.2) is 0 Å². The van der Waals surface area contributed by atoms with Crippen molar-refractivity contribution >= 4 is 29.1 Å². The van der Waals surface area contributed by atoms with Gasteiger partial charge in [-0.2, -0.15) is 0 Å². The summed E-state index contributed by atoms with van der Waals surface area (Å²) in [5.74, 6) is 0.364. The van der Waals surface area contributed by atoms with Crippen molar-refractivity contribution < 1.29 is 9.53 Å². The molecule has 0 aliphatic heterocycles. The molecule has 2 aromatic rings. The minimum Gasteiger partial charge on any atom is -0.481 e. The van der Waals surface area contributed by atoms with Gasteiger partial charge in [-0.3, -0.25) is 4.79 Å². The molecule has 0 aliphatic carbocycles. The maximum absolute atomic E-state index is 12.0. The molecule has 1 atom stereocenters. The van der Waals surface area contributed by atoms with E-state index < -0.39 is 6.10 Å². The molecule has 2 rings (SSSR count). The van der Waals surface area contributed by atoms with Crippen LogP contribution >= 0.6 is 23.2 Å². The topological polar surface area (TPSA) is 38.3 Å². The van der Waals surface area contributed by atoms with Gasteiger partial charge >= 0.3 is 0 Å². The third-order valence-electron chi connectivity index (χ3n) is 2.83. The van der Waals surface area contributed by atoms with Crippen LogP contribution in [0.1, 0.15) is 12.5 Å². The second kappa shape index (κ2) is 7.34. The lowest BCUT2D eigenvalue weighted by Crippen LogP contribution is -2.35. The number of hydrogen-bond acceptors (Lipinski definition) is 2. The summed E-state index contributed by atoms with van der Waals surface area (Å²) in [5, 5.41) is 4.02. The van der Waals surface area contributed by atoms with Crippen LogP contribution in [0.5, 0.6) is 5.75 Å². The Balaban J connectivity index is 1.88. The maximum atomic E-state index is 12.0. The SMILES string of the molecule is CC(Oc1cccc(Cl)c1)C(=O)NCc1cccc(Cl)c1. The highest BCUT2D eigenvalue weighted by Crippen LogP contribution is 2.18. The lowest BCUT2D eigenvalue weighted by molar-refractivity contribution is -0.127. The standard InChI is InChI=1S/C16H15Cl2NO2/c1-11(21-15-7-3-6-14(18)9-15)16(20)19-10-12-4-2-5-13(17)8-12/h2-9,11H,10H2,1H3,(H,19,20). The monoisotopic (exact) mass is 323 g/mol. The van der Waals surface area contributed by atoms with Crippen molar-refractivity contribution in [2.45, 2.75) is 19.6 Å². The average Bonchev–Trinajstić information content (AvgIpc) is 2.45. The number of halogens is 2. The van der Waals surface area contributed by atoms with Gasteiger partial charge in [0.25, 0.3) is 5.91 Å². The van der Waals surface area contributed by atoms with Crippen LogP contribution in [0.4, 0.5) is 0 Å². The predicted molar refractivity (Wildman–Crippen MR) is 84.8 cm³/mol. The van der Waals surface area contributed by atoms with E-state index in [-0.39, 0.29) is 5.91 Å². The van der Waals surface area contributed by atoms with Crippen LogP contribution in [0, 0.1) is 0 Å². The molecule has 110 valence electrons. The van der Waals surface area contributed by atoms with Gasteiger partial charge in [0.05, 0.1) is 0 Å². The number of rotatable bonds is 5. The van der Waals surface area contributed by atoms with E-state index >= 15 is 0 Å². The quantitative estimate of drug-likeness (QED) is 0.900. The molecule has 5 heteroatoms. The molecule has 0 bridgehead atoms. The third-order valence-corrected chi connectivity index (χ3v) is 3.30. The van der Waals surface area contributed by atoms with E-state index in [9.17, 15) is 4.79 Å². The first kappa shape index (κ1) is 15.7. The van der Waals surface area contributed by atoms with Crippen molar-refractivity contribution in [3.8, 4) is 5.75 Å². The molecule has 0 saturated carbocycles. The molecule has 0 spiro atoms. The van der Waals surface area contributed by atoms with Crippen LogP contribution in [0.15, 0.2) is 48.5 Å². The highest BCUT2D eigenvalue weighted by atomic mass is 35.5. The number of benzene rings is 2. The zero-order valence-corrected chi connectivity index (χ0v) is 13.0.